The molecule has 4 rings (SSSR count). The van der Waals surface area contributed by atoms with Gasteiger partial charge in [-0.15, -0.1) is 0 Å². The lowest BCUT2D eigenvalue weighted by atomic mass is 9.93. The zero-order valence-corrected chi connectivity index (χ0v) is 21.8. The molecule has 0 fully saturated rings. The molecule has 6 nitrogen and oxygen atoms in total. The molecule has 1 aliphatic rings. The molecule has 1 atom stereocenters. The van der Waals surface area contributed by atoms with Gasteiger partial charge in [0.05, 0.1) is 28.5 Å². The highest BCUT2D eigenvalue weighted by molar-refractivity contribution is 7.07. The van der Waals surface area contributed by atoms with E-state index in [1.54, 1.807) is 24.5 Å². The Bertz CT molecular complexity index is 1490. The summed E-state index contributed by atoms with van der Waals surface area (Å²) in [6.45, 7) is 12.1. The Balaban J connectivity index is 1.91. The molecule has 3 aromatic rings. The van der Waals surface area contributed by atoms with Gasteiger partial charge in [-0.3, -0.25) is 9.36 Å². The lowest BCUT2D eigenvalue weighted by Crippen LogP contribution is -2.39. The molecular weight excluding hydrogens is 472 g/mol. The van der Waals surface area contributed by atoms with Crippen molar-refractivity contribution in [2.75, 3.05) is 13.2 Å². The van der Waals surface area contributed by atoms with Crippen LogP contribution in [0.3, 0.4) is 0 Å². The van der Waals surface area contributed by atoms with Crippen molar-refractivity contribution in [3.8, 4) is 5.75 Å². The third kappa shape index (κ3) is 4.97. The van der Waals surface area contributed by atoms with Crippen molar-refractivity contribution >= 4 is 23.4 Å². The standard InChI is InChI=1S/C29H30N2O4S/c1-6-16-35-23-11-9-8-10-22(23)17-24-27(32)31-26(21-14-12-20(13-15-21)18(3)4)25(28(33)34-7-2)19(5)30-29(31)36-24/h6,8-15,17-18,26H,1,7,16H2,2-5H3/b24-17-/t26-/m1/s1. The van der Waals surface area contributed by atoms with E-state index in [1.165, 1.54) is 16.9 Å². The summed E-state index contributed by atoms with van der Waals surface area (Å²) in [5, 5.41) is 0. The third-order valence-corrected chi connectivity index (χ3v) is 6.98. The highest BCUT2D eigenvalue weighted by Crippen LogP contribution is 2.31. The zero-order valence-electron chi connectivity index (χ0n) is 21.0. The van der Waals surface area contributed by atoms with Gasteiger partial charge in [-0.2, -0.15) is 0 Å². The van der Waals surface area contributed by atoms with Crippen LogP contribution in [0.5, 0.6) is 5.75 Å². The molecule has 1 aliphatic heterocycles. The van der Waals surface area contributed by atoms with Crippen molar-refractivity contribution in [2.45, 2.75) is 39.7 Å². The van der Waals surface area contributed by atoms with Gasteiger partial charge in [0.2, 0.25) is 0 Å². The number of hydrogen-bond acceptors (Lipinski definition) is 6. The van der Waals surface area contributed by atoms with Crippen molar-refractivity contribution in [3.63, 3.8) is 0 Å². The van der Waals surface area contributed by atoms with E-state index in [9.17, 15) is 9.59 Å². The summed E-state index contributed by atoms with van der Waals surface area (Å²) in [6, 6.07) is 14.9. The van der Waals surface area contributed by atoms with Crippen molar-refractivity contribution in [1.29, 1.82) is 0 Å². The van der Waals surface area contributed by atoms with E-state index in [0.29, 0.717) is 38.9 Å². The average molecular weight is 503 g/mol. The second-order valence-electron chi connectivity index (χ2n) is 8.76. The first kappa shape index (κ1) is 25.4. The fraction of sp³-hybridized carbons (Fsp3) is 0.276. The van der Waals surface area contributed by atoms with Crippen LogP contribution in [0, 0.1) is 0 Å². The number of carbonyl (C=O) groups excluding carboxylic acids is 1. The first-order chi connectivity index (χ1) is 17.3. The van der Waals surface area contributed by atoms with Crippen LogP contribution in [-0.2, 0) is 9.53 Å². The normalized spacial score (nSPS) is 15.5. The summed E-state index contributed by atoms with van der Waals surface area (Å²) in [5.41, 5.74) is 3.50. The summed E-state index contributed by atoms with van der Waals surface area (Å²) in [4.78, 5) is 32.0. The van der Waals surface area contributed by atoms with Crippen LogP contribution < -0.4 is 19.6 Å². The van der Waals surface area contributed by atoms with Crippen molar-refractivity contribution in [2.24, 2.45) is 4.99 Å². The zero-order chi connectivity index (χ0) is 25.8. The van der Waals surface area contributed by atoms with E-state index in [0.717, 1.165) is 11.1 Å². The fourth-order valence-electron chi connectivity index (χ4n) is 4.19. The van der Waals surface area contributed by atoms with E-state index in [4.69, 9.17) is 9.47 Å². The Kier molecular flexibility index (Phi) is 7.70. The number of allylic oxidation sites excluding steroid dienone is 1. The second-order valence-corrected chi connectivity index (χ2v) is 9.77. The Morgan fingerprint density at radius 2 is 1.92 bits per heavy atom. The van der Waals surface area contributed by atoms with Crippen LogP contribution in [-0.4, -0.2) is 23.8 Å². The number of para-hydroxylation sites is 1. The van der Waals surface area contributed by atoms with Gasteiger partial charge in [-0.25, -0.2) is 9.79 Å². The molecule has 0 amide bonds. The highest BCUT2D eigenvalue weighted by Gasteiger charge is 2.33. The Morgan fingerprint density at radius 1 is 1.19 bits per heavy atom. The van der Waals surface area contributed by atoms with Crippen LogP contribution in [0.15, 0.2) is 82.2 Å². The maximum absolute atomic E-state index is 13.8. The minimum atomic E-state index is -0.629. The van der Waals surface area contributed by atoms with Gasteiger partial charge < -0.3 is 9.47 Å². The van der Waals surface area contributed by atoms with Crippen LogP contribution >= 0.6 is 11.3 Å². The molecular formula is C29H30N2O4S. The molecule has 0 N–H and O–H groups in total. The number of nitrogens with zero attached hydrogens (tertiary/aromatic N) is 2. The van der Waals surface area contributed by atoms with Crippen molar-refractivity contribution in [1.82, 2.24) is 4.57 Å². The van der Waals surface area contributed by atoms with Crippen molar-refractivity contribution < 1.29 is 14.3 Å². The monoisotopic (exact) mass is 502 g/mol. The maximum atomic E-state index is 13.8. The van der Waals surface area contributed by atoms with Crippen LogP contribution in [0.25, 0.3) is 6.08 Å². The van der Waals surface area contributed by atoms with E-state index in [-0.39, 0.29) is 12.2 Å². The third-order valence-electron chi connectivity index (χ3n) is 6.00. The molecule has 0 unspecified atom stereocenters. The summed E-state index contributed by atoms with van der Waals surface area (Å²) in [6.07, 6.45) is 3.49. The van der Waals surface area contributed by atoms with Gasteiger partial charge in [-0.1, -0.05) is 80.3 Å². The number of benzene rings is 2. The lowest BCUT2D eigenvalue weighted by molar-refractivity contribution is -0.139. The van der Waals surface area contributed by atoms with Gasteiger partial charge in [0.25, 0.3) is 5.56 Å². The van der Waals surface area contributed by atoms with Crippen molar-refractivity contribution in [3.05, 3.63) is 109 Å². The van der Waals surface area contributed by atoms with Gasteiger partial charge in [0, 0.05) is 5.56 Å². The molecule has 2 heterocycles. The number of aromatic nitrogens is 1. The van der Waals surface area contributed by atoms with E-state index >= 15 is 0 Å². The number of thiazole rings is 1. The quantitative estimate of drug-likeness (QED) is 0.336. The summed E-state index contributed by atoms with van der Waals surface area (Å²) in [7, 11) is 0. The molecule has 0 bridgehead atoms. The van der Waals surface area contributed by atoms with Crippen LogP contribution in [0.1, 0.15) is 56.3 Å². The smallest absolute Gasteiger partial charge is 0.338 e. The largest absolute Gasteiger partial charge is 0.489 e. The van der Waals surface area contributed by atoms with Gasteiger partial charge in [0.15, 0.2) is 4.80 Å². The van der Waals surface area contributed by atoms with E-state index in [1.807, 2.05) is 54.6 Å². The minimum absolute atomic E-state index is 0.218. The lowest BCUT2D eigenvalue weighted by Gasteiger charge is -2.25. The van der Waals surface area contributed by atoms with Gasteiger partial charge in [-0.05, 0) is 43.0 Å². The molecule has 0 saturated carbocycles. The summed E-state index contributed by atoms with van der Waals surface area (Å²) >= 11 is 1.29. The van der Waals surface area contributed by atoms with E-state index in [2.05, 4.69) is 25.4 Å². The molecule has 0 saturated heterocycles. The molecule has 186 valence electrons. The minimum Gasteiger partial charge on any atom is -0.489 e. The first-order valence-corrected chi connectivity index (χ1v) is 12.8. The molecule has 2 aromatic carbocycles. The first-order valence-electron chi connectivity index (χ1n) is 12.0. The fourth-order valence-corrected chi connectivity index (χ4v) is 5.23. The number of esters is 1. The Hall–Kier alpha value is -3.71. The topological polar surface area (TPSA) is 69.9 Å². The predicted molar refractivity (Wildman–Crippen MR) is 143 cm³/mol. The number of ether oxygens (including phenoxy) is 2. The van der Waals surface area contributed by atoms with Crippen LogP contribution in [0.4, 0.5) is 0 Å². The second kappa shape index (κ2) is 10.9. The molecule has 0 spiro atoms. The molecule has 1 aromatic heterocycles. The number of hydrogen-bond donors (Lipinski definition) is 0. The SMILES string of the molecule is C=CCOc1ccccc1/C=c1\sc2n(c1=O)[C@H](c1ccc(C(C)C)cc1)C(C(=O)OCC)=C(C)N=2. The Labute approximate surface area is 214 Å². The van der Waals surface area contributed by atoms with Gasteiger partial charge >= 0.3 is 5.97 Å². The number of fused-ring (bicyclic) bond motifs is 1. The summed E-state index contributed by atoms with van der Waals surface area (Å²) in [5.74, 6) is 0.563. The maximum Gasteiger partial charge on any atom is 0.338 e. The van der Waals surface area contributed by atoms with Crippen LogP contribution in [0.2, 0.25) is 0 Å². The Morgan fingerprint density at radius 3 is 2.58 bits per heavy atom. The number of carbonyl (C=O) groups is 1. The summed E-state index contributed by atoms with van der Waals surface area (Å²) < 4.78 is 13.3. The molecule has 0 radical (unpaired) electrons. The molecule has 36 heavy (non-hydrogen) atoms. The average Bonchev–Trinajstić information content (AvgIpc) is 3.17. The van der Waals surface area contributed by atoms with E-state index < -0.39 is 12.0 Å². The molecule has 0 aliphatic carbocycles. The predicted octanol–water partition coefficient (Wildman–Crippen LogP) is 4.49. The van der Waals surface area contributed by atoms with Gasteiger partial charge in [0.1, 0.15) is 12.4 Å². The highest BCUT2D eigenvalue weighted by atomic mass is 32.1. The molecule has 7 heteroatoms. The number of rotatable bonds is 8.